The molecule has 0 heterocycles. The van der Waals surface area contributed by atoms with E-state index in [-0.39, 0.29) is 0 Å². The molecule has 0 spiro atoms. The van der Waals surface area contributed by atoms with Crippen molar-refractivity contribution in [1.29, 1.82) is 0 Å². The Hall–Kier alpha value is 0.0569. The minimum Gasteiger partial charge on any atom is -0.364 e. The van der Waals surface area contributed by atoms with Crippen LogP contribution in [0.25, 0.3) is 0 Å². The molecule has 0 fully saturated rings. The fourth-order valence-electron chi connectivity index (χ4n) is 2.01. The molecule has 0 aliphatic rings. The van der Waals surface area contributed by atoms with Crippen molar-refractivity contribution in [2.24, 2.45) is 0 Å². The molecular weight excluding hydrogens is 222 g/mol. The van der Waals surface area contributed by atoms with Gasteiger partial charge in [-0.05, 0) is 13.8 Å². The van der Waals surface area contributed by atoms with Gasteiger partial charge in [0.15, 0.2) is 0 Å². The molecule has 0 aromatic carbocycles. The van der Waals surface area contributed by atoms with Gasteiger partial charge in [0.05, 0.1) is 0 Å². The SMILES string of the molecule is CCO[Si](OC)(OCC)N(C(C)C)C(C)C. The van der Waals surface area contributed by atoms with Crippen LogP contribution in [-0.4, -0.2) is 45.9 Å². The Kier molecular flexibility index (Phi) is 7.42. The molecule has 0 saturated heterocycles. The van der Waals surface area contributed by atoms with Crippen molar-refractivity contribution < 1.29 is 13.3 Å². The highest BCUT2D eigenvalue weighted by molar-refractivity contribution is 6.57. The van der Waals surface area contributed by atoms with Crippen molar-refractivity contribution in [3.63, 3.8) is 0 Å². The summed E-state index contributed by atoms with van der Waals surface area (Å²) in [7, 11) is -1.02. The fraction of sp³-hybridized carbons (Fsp3) is 1.00. The van der Waals surface area contributed by atoms with Gasteiger partial charge < -0.3 is 13.3 Å². The van der Waals surface area contributed by atoms with Gasteiger partial charge in [0.1, 0.15) is 0 Å². The van der Waals surface area contributed by atoms with Crippen molar-refractivity contribution in [2.45, 2.75) is 53.6 Å². The number of nitrogens with zero attached hydrogens (tertiary/aromatic N) is 1. The van der Waals surface area contributed by atoms with E-state index in [1.807, 2.05) is 13.8 Å². The van der Waals surface area contributed by atoms with E-state index in [1.165, 1.54) is 0 Å². The van der Waals surface area contributed by atoms with Gasteiger partial charge in [-0.15, -0.1) is 0 Å². The van der Waals surface area contributed by atoms with Crippen molar-refractivity contribution in [3.05, 3.63) is 0 Å². The molecule has 0 aromatic heterocycles. The van der Waals surface area contributed by atoms with E-state index in [2.05, 4.69) is 32.3 Å². The van der Waals surface area contributed by atoms with E-state index in [0.717, 1.165) is 0 Å². The average Bonchev–Trinajstić information content (AvgIpc) is 2.17. The van der Waals surface area contributed by atoms with Gasteiger partial charge in [0, 0.05) is 32.4 Å². The topological polar surface area (TPSA) is 30.9 Å². The van der Waals surface area contributed by atoms with Crippen LogP contribution in [0.4, 0.5) is 0 Å². The van der Waals surface area contributed by atoms with E-state index >= 15 is 0 Å². The smallest absolute Gasteiger partial charge is 0.364 e. The summed E-state index contributed by atoms with van der Waals surface area (Å²) in [4.78, 5) is 0. The van der Waals surface area contributed by atoms with Crippen LogP contribution in [0.1, 0.15) is 41.5 Å². The van der Waals surface area contributed by atoms with Gasteiger partial charge in [0.2, 0.25) is 0 Å². The minimum absolute atomic E-state index is 0.338. The molecule has 0 unspecified atom stereocenters. The quantitative estimate of drug-likeness (QED) is 0.617. The third kappa shape index (κ3) is 3.82. The molecule has 0 saturated carbocycles. The van der Waals surface area contributed by atoms with Gasteiger partial charge in [-0.3, -0.25) is 4.57 Å². The summed E-state index contributed by atoms with van der Waals surface area (Å²) < 4.78 is 19.5. The summed E-state index contributed by atoms with van der Waals surface area (Å²) in [5.41, 5.74) is 0. The van der Waals surface area contributed by atoms with Crippen LogP contribution in [0.5, 0.6) is 0 Å². The van der Waals surface area contributed by atoms with Crippen molar-refractivity contribution in [2.75, 3.05) is 20.3 Å². The Morgan fingerprint density at radius 3 is 1.50 bits per heavy atom. The molecule has 0 amide bonds. The average molecular weight is 249 g/mol. The first kappa shape index (κ1) is 16.1. The zero-order chi connectivity index (χ0) is 12.8. The van der Waals surface area contributed by atoms with Crippen molar-refractivity contribution in [3.8, 4) is 0 Å². The van der Waals surface area contributed by atoms with Crippen LogP contribution in [0.3, 0.4) is 0 Å². The highest BCUT2D eigenvalue weighted by Crippen LogP contribution is 2.21. The summed E-state index contributed by atoms with van der Waals surface area (Å²) in [5, 5.41) is 0. The van der Waals surface area contributed by atoms with Crippen LogP contribution in [0.15, 0.2) is 0 Å². The molecule has 16 heavy (non-hydrogen) atoms. The second kappa shape index (κ2) is 7.40. The van der Waals surface area contributed by atoms with Gasteiger partial charge in [-0.25, -0.2) is 0 Å². The molecule has 4 nitrogen and oxygen atoms in total. The predicted molar refractivity (Wildman–Crippen MR) is 68.1 cm³/mol. The fourth-order valence-corrected chi connectivity index (χ4v) is 4.83. The van der Waals surface area contributed by atoms with E-state index in [1.54, 1.807) is 7.11 Å². The van der Waals surface area contributed by atoms with Crippen molar-refractivity contribution in [1.82, 2.24) is 4.57 Å². The maximum absolute atomic E-state index is 5.82. The van der Waals surface area contributed by atoms with Gasteiger partial charge in [-0.2, -0.15) is 0 Å². The largest absolute Gasteiger partial charge is 0.599 e. The number of hydrogen-bond donors (Lipinski definition) is 0. The van der Waals surface area contributed by atoms with E-state index in [0.29, 0.717) is 25.3 Å². The third-order valence-corrected chi connectivity index (χ3v) is 5.83. The minimum atomic E-state index is -2.69. The van der Waals surface area contributed by atoms with E-state index in [9.17, 15) is 0 Å². The highest BCUT2D eigenvalue weighted by Gasteiger charge is 2.50. The first-order chi connectivity index (χ1) is 7.45. The molecule has 0 aromatic rings. The van der Waals surface area contributed by atoms with Gasteiger partial charge >= 0.3 is 8.97 Å². The van der Waals surface area contributed by atoms with E-state index < -0.39 is 8.97 Å². The summed E-state index contributed by atoms with van der Waals surface area (Å²) in [5.74, 6) is 0. The van der Waals surface area contributed by atoms with Crippen LogP contribution in [0, 0.1) is 0 Å². The summed E-state index contributed by atoms with van der Waals surface area (Å²) in [6, 6.07) is 0.675. The normalized spacial score (nSPS) is 13.1. The van der Waals surface area contributed by atoms with Crippen molar-refractivity contribution >= 4 is 8.97 Å². The third-order valence-electron chi connectivity index (χ3n) is 2.34. The predicted octanol–water partition coefficient (Wildman–Crippen LogP) is 2.26. The number of rotatable bonds is 8. The highest BCUT2D eigenvalue weighted by atomic mass is 28.4. The Labute approximate surface area is 101 Å². The van der Waals surface area contributed by atoms with Gasteiger partial charge in [0.25, 0.3) is 0 Å². The molecule has 0 atom stereocenters. The molecular formula is C11H27NO3Si. The monoisotopic (exact) mass is 249 g/mol. The lowest BCUT2D eigenvalue weighted by Crippen LogP contribution is -2.65. The summed E-state index contributed by atoms with van der Waals surface area (Å²) in [6.45, 7) is 13.7. The maximum atomic E-state index is 5.82. The molecule has 0 aliphatic heterocycles. The molecule has 0 aliphatic carbocycles. The van der Waals surface area contributed by atoms with Gasteiger partial charge in [-0.1, -0.05) is 27.7 Å². The zero-order valence-electron chi connectivity index (χ0n) is 11.7. The molecule has 0 bridgehead atoms. The molecule has 0 N–H and O–H groups in total. The number of hydrogen-bond acceptors (Lipinski definition) is 4. The lowest BCUT2D eigenvalue weighted by Gasteiger charge is -2.41. The van der Waals surface area contributed by atoms with Crippen LogP contribution in [0.2, 0.25) is 0 Å². The van der Waals surface area contributed by atoms with Crippen LogP contribution < -0.4 is 0 Å². The summed E-state index contributed by atoms with van der Waals surface area (Å²) >= 11 is 0. The van der Waals surface area contributed by atoms with Crippen LogP contribution >= 0.6 is 0 Å². The Morgan fingerprint density at radius 2 is 1.31 bits per heavy atom. The molecule has 98 valence electrons. The second-order valence-electron chi connectivity index (χ2n) is 4.19. The van der Waals surface area contributed by atoms with Crippen LogP contribution in [-0.2, 0) is 13.3 Å². The second-order valence-corrected chi connectivity index (χ2v) is 6.74. The van der Waals surface area contributed by atoms with E-state index in [4.69, 9.17) is 13.3 Å². The lowest BCUT2D eigenvalue weighted by atomic mass is 10.3. The first-order valence-electron chi connectivity index (χ1n) is 6.06. The standard InChI is InChI=1S/C11H27NO3Si/c1-8-14-16(13-7,15-9-2)12(10(3)4)11(5)6/h10-11H,8-9H2,1-7H3. The summed E-state index contributed by atoms with van der Waals surface area (Å²) in [6.07, 6.45) is 0. The maximum Gasteiger partial charge on any atom is 0.599 e. The first-order valence-corrected chi connectivity index (χ1v) is 7.73. The molecule has 5 heteroatoms. The Bertz CT molecular complexity index is 174. The zero-order valence-corrected chi connectivity index (χ0v) is 12.7. The Morgan fingerprint density at radius 1 is 0.938 bits per heavy atom. The lowest BCUT2D eigenvalue weighted by molar-refractivity contribution is 0.00997. The molecule has 0 radical (unpaired) electrons. The Balaban J connectivity index is 5.06. The molecule has 0 rings (SSSR count).